The molecule has 0 fully saturated rings. The van der Waals surface area contributed by atoms with Crippen molar-refractivity contribution in [1.29, 1.82) is 0 Å². The molecule has 0 aliphatic carbocycles. The van der Waals surface area contributed by atoms with Gasteiger partial charge in [0.2, 0.25) is 0 Å². The number of nitrogens with zero attached hydrogens (tertiary/aromatic N) is 1. The van der Waals surface area contributed by atoms with Gasteiger partial charge in [0.05, 0.1) is 5.69 Å². The Morgan fingerprint density at radius 1 is 1.38 bits per heavy atom. The van der Waals surface area contributed by atoms with Crippen LogP contribution in [0, 0.1) is 6.92 Å². The van der Waals surface area contributed by atoms with Gasteiger partial charge in [0.25, 0.3) is 0 Å². The zero-order valence-corrected chi connectivity index (χ0v) is 9.61. The summed E-state index contributed by atoms with van der Waals surface area (Å²) in [7, 11) is 0. The van der Waals surface area contributed by atoms with Gasteiger partial charge in [-0.05, 0) is 25.4 Å². The van der Waals surface area contributed by atoms with E-state index in [4.69, 9.17) is 0 Å². The normalized spacial score (nSPS) is 11.5. The minimum absolute atomic E-state index is 1.04. The van der Waals surface area contributed by atoms with Gasteiger partial charge in [0.1, 0.15) is 0 Å². The fourth-order valence-corrected chi connectivity index (χ4v) is 1.49. The van der Waals surface area contributed by atoms with Crippen LogP contribution < -0.4 is 9.75 Å². The SMILES string of the molecule is C=c1snc(C)/c1=C/C=C\C.CC. The number of aryl methyl sites for hydroxylation is 1. The molecular formula is C11H17NS. The maximum absolute atomic E-state index is 4.18. The van der Waals surface area contributed by atoms with Gasteiger partial charge < -0.3 is 0 Å². The summed E-state index contributed by atoms with van der Waals surface area (Å²) < 4.78 is 5.23. The van der Waals surface area contributed by atoms with Crippen molar-refractivity contribution >= 4 is 24.2 Å². The Balaban J connectivity index is 0.000000671. The number of rotatable bonds is 1. The molecule has 0 bridgehead atoms. The van der Waals surface area contributed by atoms with Crippen LogP contribution in [-0.4, -0.2) is 4.37 Å². The molecule has 0 unspecified atom stereocenters. The Kier molecular flexibility index (Phi) is 6.15. The lowest BCUT2D eigenvalue weighted by atomic mass is 10.3. The zero-order valence-electron chi connectivity index (χ0n) is 8.79. The molecule has 0 aliphatic heterocycles. The predicted molar refractivity (Wildman–Crippen MR) is 62.3 cm³/mol. The van der Waals surface area contributed by atoms with E-state index in [2.05, 4.69) is 11.0 Å². The monoisotopic (exact) mass is 195 g/mol. The Labute approximate surface area is 84.3 Å². The average molecular weight is 195 g/mol. The number of aromatic nitrogens is 1. The quantitative estimate of drug-likeness (QED) is 0.670. The number of hydrogen-bond acceptors (Lipinski definition) is 2. The highest BCUT2D eigenvalue weighted by Crippen LogP contribution is 1.82. The molecule has 0 amide bonds. The molecule has 0 atom stereocenters. The number of allylic oxidation sites excluding steroid dienone is 2. The van der Waals surface area contributed by atoms with Gasteiger partial charge in [-0.1, -0.05) is 38.7 Å². The van der Waals surface area contributed by atoms with Gasteiger partial charge in [0, 0.05) is 9.75 Å². The van der Waals surface area contributed by atoms with E-state index in [-0.39, 0.29) is 0 Å². The molecule has 13 heavy (non-hydrogen) atoms. The van der Waals surface area contributed by atoms with Crippen LogP contribution in [0.1, 0.15) is 26.5 Å². The van der Waals surface area contributed by atoms with Crippen molar-refractivity contribution in [2.45, 2.75) is 27.7 Å². The first-order chi connectivity index (χ1) is 6.25. The van der Waals surface area contributed by atoms with Crippen LogP contribution in [0.15, 0.2) is 12.2 Å². The molecule has 2 heteroatoms. The van der Waals surface area contributed by atoms with Crippen molar-refractivity contribution in [2.75, 3.05) is 0 Å². The van der Waals surface area contributed by atoms with Crippen LogP contribution in [0.5, 0.6) is 0 Å². The maximum atomic E-state index is 4.18. The van der Waals surface area contributed by atoms with Crippen molar-refractivity contribution in [2.24, 2.45) is 0 Å². The van der Waals surface area contributed by atoms with E-state index in [0.29, 0.717) is 0 Å². The van der Waals surface area contributed by atoms with Crippen molar-refractivity contribution in [3.8, 4) is 0 Å². The van der Waals surface area contributed by atoms with Crippen molar-refractivity contribution < 1.29 is 0 Å². The van der Waals surface area contributed by atoms with Gasteiger partial charge in [-0.3, -0.25) is 0 Å². The third-order valence-corrected chi connectivity index (χ3v) is 2.24. The first-order valence-electron chi connectivity index (χ1n) is 4.50. The van der Waals surface area contributed by atoms with Crippen LogP contribution >= 0.6 is 11.5 Å². The second kappa shape index (κ2) is 6.61. The maximum Gasteiger partial charge on any atom is 0.0589 e. The molecule has 0 saturated heterocycles. The van der Waals surface area contributed by atoms with Gasteiger partial charge in [-0.2, -0.15) is 4.37 Å². The van der Waals surface area contributed by atoms with Crippen LogP contribution in [0.2, 0.25) is 0 Å². The van der Waals surface area contributed by atoms with Crippen molar-refractivity contribution in [3.63, 3.8) is 0 Å². The van der Waals surface area contributed by atoms with E-state index in [0.717, 1.165) is 15.4 Å². The zero-order chi connectivity index (χ0) is 10.3. The second-order valence-electron chi connectivity index (χ2n) is 2.30. The molecule has 72 valence electrons. The molecule has 0 N–H and O–H groups in total. The summed E-state index contributed by atoms with van der Waals surface area (Å²) in [5.74, 6) is 0. The van der Waals surface area contributed by atoms with E-state index >= 15 is 0 Å². The van der Waals surface area contributed by atoms with E-state index in [1.165, 1.54) is 11.5 Å². The lowest BCUT2D eigenvalue weighted by Gasteiger charge is -1.77. The van der Waals surface area contributed by atoms with Crippen molar-refractivity contribution in [3.05, 3.63) is 27.6 Å². The molecule has 1 nitrogen and oxygen atoms in total. The van der Waals surface area contributed by atoms with Crippen molar-refractivity contribution in [1.82, 2.24) is 4.37 Å². The predicted octanol–water partition coefficient (Wildman–Crippen LogP) is 2.24. The lowest BCUT2D eigenvalue weighted by Crippen LogP contribution is -2.18. The van der Waals surface area contributed by atoms with Crippen LogP contribution in [0.4, 0.5) is 0 Å². The summed E-state index contributed by atoms with van der Waals surface area (Å²) in [6, 6.07) is 0. The van der Waals surface area contributed by atoms with Gasteiger partial charge in [-0.15, -0.1) is 0 Å². The third-order valence-electron chi connectivity index (χ3n) is 1.44. The molecule has 1 rings (SSSR count). The Hall–Kier alpha value is -0.890. The summed E-state index contributed by atoms with van der Waals surface area (Å²) >= 11 is 1.46. The van der Waals surface area contributed by atoms with Gasteiger partial charge in [0.15, 0.2) is 0 Å². The second-order valence-corrected chi connectivity index (χ2v) is 3.16. The first-order valence-corrected chi connectivity index (χ1v) is 5.27. The lowest BCUT2D eigenvalue weighted by molar-refractivity contribution is 1.31. The summed E-state index contributed by atoms with van der Waals surface area (Å²) in [5.41, 5.74) is 1.07. The minimum Gasteiger partial charge on any atom is -0.197 e. The Bertz CT molecular complexity index is 360. The summed E-state index contributed by atoms with van der Waals surface area (Å²) in [6.07, 6.45) is 6.04. The molecular weight excluding hydrogens is 178 g/mol. The van der Waals surface area contributed by atoms with E-state index < -0.39 is 0 Å². The van der Waals surface area contributed by atoms with Crippen LogP contribution in [0.25, 0.3) is 12.7 Å². The topological polar surface area (TPSA) is 12.9 Å². The fourth-order valence-electron chi connectivity index (χ4n) is 0.830. The molecule has 0 spiro atoms. The molecule has 1 aromatic heterocycles. The third kappa shape index (κ3) is 3.55. The highest BCUT2D eigenvalue weighted by molar-refractivity contribution is 7.03. The first kappa shape index (κ1) is 12.1. The summed E-state index contributed by atoms with van der Waals surface area (Å²) in [5, 5.41) is 1.16. The summed E-state index contributed by atoms with van der Waals surface area (Å²) in [6.45, 7) is 11.9. The average Bonchev–Trinajstić information content (AvgIpc) is 2.47. The van der Waals surface area contributed by atoms with E-state index in [1.54, 1.807) is 0 Å². The largest absolute Gasteiger partial charge is 0.197 e. The molecule has 0 aromatic carbocycles. The van der Waals surface area contributed by atoms with E-state index in [9.17, 15) is 0 Å². The minimum atomic E-state index is 1.04. The fraction of sp³-hybridized carbons (Fsp3) is 0.364. The Morgan fingerprint density at radius 3 is 2.38 bits per heavy atom. The molecule has 1 aromatic rings. The molecule has 0 aliphatic rings. The number of hydrogen-bond donors (Lipinski definition) is 0. The van der Waals surface area contributed by atoms with Gasteiger partial charge >= 0.3 is 0 Å². The highest BCUT2D eigenvalue weighted by Gasteiger charge is 1.90. The molecule has 0 saturated carbocycles. The summed E-state index contributed by atoms with van der Waals surface area (Å²) in [4.78, 5) is 0. The standard InChI is InChI=1S/C9H11NS.C2H6/c1-4-5-6-9-7(2)10-11-8(9)3;1-2/h4-6H,3H2,1-2H3;1-2H3/b5-4-,9-6-;. The smallest absolute Gasteiger partial charge is 0.0589 e. The van der Waals surface area contributed by atoms with E-state index in [1.807, 2.05) is 45.9 Å². The highest BCUT2D eigenvalue weighted by atomic mass is 32.1. The molecule has 0 radical (unpaired) electrons. The van der Waals surface area contributed by atoms with Crippen LogP contribution in [0.3, 0.4) is 0 Å². The van der Waals surface area contributed by atoms with Crippen LogP contribution in [-0.2, 0) is 0 Å². The van der Waals surface area contributed by atoms with Gasteiger partial charge in [-0.25, -0.2) is 0 Å². The molecule has 1 heterocycles. The Morgan fingerprint density at radius 2 is 2.00 bits per heavy atom.